The molecule has 0 spiro atoms. The molecule has 2 aromatic heterocycles. The first-order chi connectivity index (χ1) is 13.8. The quantitative estimate of drug-likeness (QED) is 0.521. The van der Waals surface area contributed by atoms with Gasteiger partial charge < -0.3 is 10.6 Å². The van der Waals surface area contributed by atoms with Crippen LogP contribution in [-0.2, 0) is 4.79 Å². The third-order valence-corrected chi connectivity index (χ3v) is 5.28. The van der Waals surface area contributed by atoms with Crippen LogP contribution in [0.25, 0.3) is 16.7 Å². The van der Waals surface area contributed by atoms with Crippen molar-refractivity contribution in [1.29, 1.82) is 0 Å². The van der Waals surface area contributed by atoms with Crippen molar-refractivity contribution in [2.45, 2.75) is 13.3 Å². The summed E-state index contributed by atoms with van der Waals surface area (Å²) in [7, 11) is 1.78. The Hall–Kier alpha value is -3.37. The van der Waals surface area contributed by atoms with Gasteiger partial charge in [0, 0.05) is 19.2 Å². The largest absolute Gasteiger partial charge is 0.364 e. The van der Waals surface area contributed by atoms with Gasteiger partial charge in [0.25, 0.3) is 5.91 Å². The van der Waals surface area contributed by atoms with Gasteiger partial charge in [-0.05, 0) is 43.7 Å². The zero-order valence-electron chi connectivity index (χ0n) is 15.9. The Bertz CT molecular complexity index is 1220. The van der Waals surface area contributed by atoms with Gasteiger partial charge in [0.05, 0.1) is 11.1 Å². The molecule has 1 fully saturated rings. The zero-order chi connectivity index (χ0) is 20.8. The number of fused-ring (bicyclic) bond motifs is 1. The van der Waals surface area contributed by atoms with E-state index in [1.165, 1.54) is 4.68 Å². The summed E-state index contributed by atoms with van der Waals surface area (Å²) in [4.78, 5) is 30.1. The number of aromatic nitrogens is 3. The number of pyridine rings is 1. The second kappa shape index (κ2) is 6.90. The highest BCUT2D eigenvalue weighted by molar-refractivity contribution is 6.29. The molecule has 0 bridgehead atoms. The number of nitrogens with two attached hydrogens (primary N) is 1. The van der Waals surface area contributed by atoms with E-state index in [0.29, 0.717) is 29.7 Å². The third kappa shape index (κ3) is 3.32. The van der Waals surface area contributed by atoms with E-state index >= 15 is 0 Å². The molecule has 7 nitrogen and oxygen atoms in total. The summed E-state index contributed by atoms with van der Waals surface area (Å²) in [6, 6.07) is 10.6. The summed E-state index contributed by atoms with van der Waals surface area (Å²) >= 11 is 6.03. The lowest BCUT2D eigenvalue weighted by Gasteiger charge is -2.14. The molecule has 146 valence electrons. The molecule has 1 aliphatic heterocycles. The Kier molecular flexibility index (Phi) is 4.52. The monoisotopic (exact) mass is 407 g/mol. The second-order valence-corrected chi connectivity index (χ2v) is 7.63. The molecule has 1 atom stereocenters. The first kappa shape index (κ1) is 19.0. The summed E-state index contributed by atoms with van der Waals surface area (Å²) in [6.07, 6.45) is 0.698. The Labute approximate surface area is 172 Å². The van der Waals surface area contributed by atoms with E-state index in [1.807, 2.05) is 31.2 Å². The summed E-state index contributed by atoms with van der Waals surface area (Å²) in [5, 5.41) is 5.13. The van der Waals surface area contributed by atoms with Crippen LogP contribution in [0.1, 0.15) is 29.4 Å². The lowest BCUT2D eigenvalue weighted by molar-refractivity contribution is -0.131. The highest BCUT2D eigenvalue weighted by atomic mass is 35.5. The van der Waals surface area contributed by atoms with Crippen molar-refractivity contribution in [3.8, 4) is 17.5 Å². The average molecular weight is 408 g/mol. The van der Waals surface area contributed by atoms with Crippen molar-refractivity contribution in [2.24, 2.45) is 11.1 Å². The molecule has 3 heterocycles. The molecule has 4 rings (SSSR count). The van der Waals surface area contributed by atoms with Crippen molar-refractivity contribution in [1.82, 2.24) is 19.7 Å². The van der Waals surface area contributed by atoms with Crippen molar-refractivity contribution in [2.75, 3.05) is 13.6 Å². The zero-order valence-corrected chi connectivity index (χ0v) is 16.7. The van der Waals surface area contributed by atoms with Crippen LogP contribution < -0.4 is 5.73 Å². The number of amides is 2. The Morgan fingerprint density at radius 2 is 2.10 bits per heavy atom. The predicted molar refractivity (Wildman–Crippen MR) is 110 cm³/mol. The van der Waals surface area contributed by atoms with Gasteiger partial charge in [0.1, 0.15) is 10.6 Å². The maximum Gasteiger partial charge on any atom is 0.269 e. The fourth-order valence-corrected chi connectivity index (χ4v) is 3.54. The van der Waals surface area contributed by atoms with Gasteiger partial charge in [-0.3, -0.25) is 9.59 Å². The van der Waals surface area contributed by atoms with Crippen LogP contribution in [0.3, 0.4) is 0 Å². The fraction of sp³-hybridized carbons (Fsp3) is 0.238. The minimum absolute atomic E-state index is 0.0316. The molecule has 0 unspecified atom stereocenters. The number of hydrogen-bond acceptors (Lipinski definition) is 4. The van der Waals surface area contributed by atoms with E-state index in [-0.39, 0.29) is 16.8 Å². The molecule has 1 saturated heterocycles. The Balaban J connectivity index is 1.78. The molecule has 0 aliphatic carbocycles. The summed E-state index contributed by atoms with van der Waals surface area (Å²) in [5.41, 5.74) is 6.70. The molecular formula is C21H18ClN5O2. The molecule has 0 saturated carbocycles. The molecule has 8 heteroatoms. The predicted octanol–water partition coefficient (Wildman–Crippen LogP) is 2.39. The molecule has 1 aromatic carbocycles. The Morgan fingerprint density at radius 1 is 1.31 bits per heavy atom. The van der Waals surface area contributed by atoms with Crippen LogP contribution >= 0.6 is 11.6 Å². The first-order valence-electron chi connectivity index (χ1n) is 9.03. The number of carbonyl (C=O) groups is 2. The fourth-order valence-electron chi connectivity index (χ4n) is 3.40. The lowest BCUT2D eigenvalue weighted by Crippen LogP contribution is -2.28. The number of likely N-dealkylation sites (tertiary alicyclic amines) is 1. The van der Waals surface area contributed by atoms with Crippen LogP contribution in [0.4, 0.5) is 0 Å². The number of benzene rings is 1. The van der Waals surface area contributed by atoms with Gasteiger partial charge in [-0.1, -0.05) is 29.5 Å². The van der Waals surface area contributed by atoms with Gasteiger partial charge in [-0.25, -0.2) is 9.67 Å². The van der Waals surface area contributed by atoms with Crippen LogP contribution in [0.5, 0.6) is 0 Å². The van der Waals surface area contributed by atoms with E-state index in [2.05, 4.69) is 21.9 Å². The van der Waals surface area contributed by atoms with E-state index in [0.717, 1.165) is 5.56 Å². The van der Waals surface area contributed by atoms with E-state index < -0.39 is 11.3 Å². The molecule has 1 aliphatic rings. The Morgan fingerprint density at radius 3 is 2.79 bits per heavy atom. The number of halogens is 1. The number of primary amides is 1. The van der Waals surface area contributed by atoms with Gasteiger partial charge in [0.2, 0.25) is 5.91 Å². The summed E-state index contributed by atoms with van der Waals surface area (Å²) < 4.78 is 1.52. The number of rotatable bonds is 2. The summed E-state index contributed by atoms with van der Waals surface area (Å²) in [5.74, 6) is 5.61. The van der Waals surface area contributed by atoms with Crippen molar-refractivity contribution in [3.63, 3.8) is 0 Å². The van der Waals surface area contributed by atoms with Gasteiger partial charge in [0.15, 0.2) is 11.3 Å². The minimum atomic E-state index is -0.683. The lowest BCUT2D eigenvalue weighted by atomic mass is 9.89. The third-order valence-electron chi connectivity index (χ3n) is 5.07. The standard InChI is InChI=1S/C21H18ClN5O2/c1-21(10-11-26(2)20(21)29)9-8-13-4-3-5-14(12-13)27-19-15(6-7-16(22)24-19)17(25-27)18(23)28/h3-7,12H,10-11H2,1-2H3,(H2,23,28)/t21-/m1/s1. The molecule has 2 N–H and O–H groups in total. The second-order valence-electron chi connectivity index (χ2n) is 7.24. The van der Waals surface area contributed by atoms with E-state index in [4.69, 9.17) is 17.3 Å². The molecular weight excluding hydrogens is 390 g/mol. The maximum absolute atomic E-state index is 12.3. The average Bonchev–Trinajstić information content (AvgIpc) is 3.20. The van der Waals surface area contributed by atoms with Crippen LogP contribution in [0.15, 0.2) is 36.4 Å². The van der Waals surface area contributed by atoms with Crippen molar-refractivity contribution in [3.05, 3.63) is 52.8 Å². The molecule has 29 heavy (non-hydrogen) atoms. The van der Waals surface area contributed by atoms with E-state index in [1.54, 1.807) is 24.1 Å². The molecule has 3 aromatic rings. The number of carbonyl (C=O) groups excluding carboxylic acids is 2. The van der Waals surface area contributed by atoms with Crippen LogP contribution in [0.2, 0.25) is 5.15 Å². The number of hydrogen-bond donors (Lipinski definition) is 1. The highest BCUT2D eigenvalue weighted by Gasteiger charge is 2.39. The smallest absolute Gasteiger partial charge is 0.269 e. The van der Waals surface area contributed by atoms with E-state index in [9.17, 15) is 9.59 Å². The van der Waals surface area contributed by atoms with Crippen LogP contribution in [-0.4, -0.2) is 45.1 Å². The first-order valence-corrected chi connectivity index (χ1v) is 9.40. The van der Waals surface area contributed by atoms with Gasteiger partial charge >= 0.3 is 0 Å². The maximum atomic E-state index is 12.3. The summed E-state index contributed by atoms with van der Waals surface area (Å²) in [6.45, 7) is 2.56. The topological polar surface area (TPSA) is 94.1 Å². The number of nitrogens with zero attached hydrogens (tertiary/aromatic N) is 4. The van der Waals surface area contributed by atoms with Crippen molar-refractivity contribution >= 4 is 34.4 Å². The minimum Gasteiger partial charge on any atom is -0.364 e. The van der Waals surface area contributed by atoms with Gasteiger partial charge in [-0.2, -0.15) is 5.10 Å². The van der Waals surface area contributed by atoms with Crippen LogP contribution in [0, 0.1) is 17.3 Å². The van der Waals surface area contributed by atoms with Gasteiger partial charge in [-0.15, -0.1) is 0 Å². The normalized spacial score (nSPS) is 18.7. The van der Waals surface area contributed by atoms with Crippen molar-refractivity contribution < 1.29 is 9.59 Å². The highest BCUT2D eigenvalue weighted by Crippen LogP contribution is 2.30. The molecule has 0 radical (unpaired) electrons. The molecule has 2 amide bonds. The SMILES string of the molecule is CN1CC[C@@](C)(C#Cc2cccc(-n3nc(C(N)=O)c4ccc(Cl)nc43)c2)C1=O.